The van der Waals surface area contributed by atoms with Crippen LogP contribution in [0.1, 0.15) is 34.0 Å². The first kappa shape index (κ1) is 17.1. The smallest absolute Gasteiger partial charge is 0.251 e. The number of amides is 1. The molecule has 4 nitrogen and oxygen atoms in total. The van der Waals surface area contributed by atoms with Crippen LogP contribution in [0.15, 0.2) is 48.5 Å². The molecule has 1 amide bonds. The summed E-state index contributed by atoms with van der Waals surface area (Å²) < 4.78 is 18.4. The number of ether oxygens (including phenoxy) is 1. The van der Waals surface area contributed by atoms with Gasteiger partial charge in [-0.15, -0.1) is 0 Å². The molecule has 0 fully saturated rings. The number of carbonyl (C=O) groups is 1. The summed E-state index contributed by atoms with van der Waals surface area (Å²) in [5.74, 6) is -0.703. The molecule has 2 rings (SSSR count). The molecule has 0 aliphatic heterocycles. The summed E-state index contributed by atoms with van der Waals surface area (Å²) in [6.07, 6.45) is -0.226. The Labute approximate surface area is 134 Å². The van der Waals surface area contributed by atoms with Gasteiger partial charge in [-0.05, 0) is 30.2 Å². The van der Waals surface area contributed by atoms with Crippen LogP contribution in [0.25, 0.3) is 0 Å². The van der Waals surface area contributed by atoms with Gasteiger partial charge in [-0.25, -0.2) is 4.39 Å². The van der Waals surface area contributed by atoms with Gasteiger partial charge in [0.15, 0.2) is 0 Å². The van der Waals surface area contributed by atoms with Crippen molar-refractivity contribution in [2.45, 2.75) is 19.1 Å². The van der Waals surface area contributed by atoms with Crippen molar-refractivity contribution >= 4 is 5.91 Å². The Morgan fingerprint density at radius 2 is 2.00 bits per heavy atom. The standard InChI is InChI=1S/C18H20FNO3/c1-23-12-15-11-14(7-8-16(15)19)18(22)20-10-9-17(21)13-5-3-2-4-6-13/h2-8,11,17,21H,9-10,12H2,1H3,(H,20,22). The Kier molecular flexibility index (Phi) is 6.26. The number of rotatable bonds is 7. The van der Waals surface area contributed by atoms with E-state index in [9.17, 15) is 14.3 Å². The first-order chi connectivity index (χ1) is 11.1. The van der Waals surface area contributed by atoms with E-state index in [-0.39, 0.29) is 12.5 Å². The van der Waals surface area contributed by atoms with Crippen LogP contribution < -0.4 is 5.32 Å². The second-order valence-corrected chi connectivity index (χ2v) is 5.21. The Bertz CT molecular complexity index is 646. The zero-order valence-corrected chi connectivity index (χ0v) is 13.0. The van der Waals surface area contributed by atoms with Crippen LogP contribution >= 0.6 is 0 Å². The Morgan fingerprint density at radius 1 is 1.26 bits per heavy atom. The topological polar surface area (TPSA) is 58.6 Å². The predicted molar refractivity (Wildman–Crippen MR) is 85.5 cm³/mol. The molecule has 2 N–H and O–H groups in total. The molecular formula is C18H20FNO3. The van der Waals surface area contributed by atoms with Gasteiger partial charge in [-0.2, -0.15) is 0 Å². The molecule has 0 heterocycles. The van der Waals surface area contributed by atoms with Crippen molar-refractivity contribution in [3.05, 3.63) is 71.0 Å². The molecule has 0 aliphatic rings. The van der Waals surface area contributed by atoms with Crippen LogP contribution in [-0.4, -0.2) is 24.7 Å². The average Bonchev–Trinajstić information content (AvgIpc) is 2.57. The molecule has 23 heavy (non-hydrogen) atoms. The number of carbonyl (C=O) groups excluding carboxylic acids is 1. The Hall–Kier alpha value is -2.24. The predicted octanol–water partition coefficient (Wildman–Crippen LogP) is 2.83. The first-order valence-electron chi connectivity index (χ1n) is 7.40. The lowest BCUT2D eigenvalue weighted by Crippen LogP contribution is -2.25. The molecular weight excluding hydrogens is 297 g/mol. The highest BCUT2D eigenvalue weighted by Gasteiger charge is 2.11. The van der Waals surface area contributed by atoms with E-state index in [4.69, 9.17) is 4.74 Å². The molecule has 5 heteroatoms. The molecule has 122 valence electrons. The number of hydrogen-bond donors (Lipinski definition) is 2. The van der Waals surface area contributed by atoms with E-state index in [0.29, 0.717) is 24.1 Å². The van der Waals surface area contributed by atoms with E-state index < -0.39 is 11.9 Å². The van der Waals surface area contributed by atoms with Crippen molar-refractivity contribution in [2.24, 2.45) is 0 Å². The highest BCUT2D eigenvalue weighted by atomic mass is 19.1. The fraction of sp³-hybridized carbons (Fsp3) is 0.278. The molecule has 0 saturated carbocycles. The molecule has 0 spiro atoms. The van der Waals surface area contributed by atoms with Crippen molar-refractivity contribution in [2.75, 3.05) is 13.7 Å². The molecule has 0 aliphatic carbocycles. The zero-order valence-electron chi connectivity index (χ0n) is 13.0. The molecule has 1 unspecified atom stereocenters. The third-order valence-corrected chi connectivity index (χ3v) is 3.50. The average molecular weight is 317 g/mol. The van der Waals surface area contributed by atoms with Gasteiger partial charge in [0.2, 0.25) is 0 Å². The number of aliphatic hydroxyl groups excluding tert-OH is 1. The lowest BCUT2D eigenvalue weighted by molar-refractivity contribution is 0.0942. The van der Waals surface area contributed by atoms with Gasteiger partial charge in [-0.3, -0.25) is 4.79 Å². The minimum Gasteiger partial charge on any atom is -0.388 e. The van der Waals surface area contributed by atoms with Gasteiger partial charge >= 0.3 is 0 Å². The van der Waals surface area contributed by atoms with Gasteiger partial charge in [-0.1, -0.05) is 30.3 Å². The SMILES string of the molecule is COCc1cc(C(=O)NCCC(O)c2ccccc2)ccc1F. The lowest BCUT2D eigenvalue weighted by atomic mass is 10.1. The summed E-state index contributed by atoms with van der Waals surface area (Å²) in [6.45, 7) is 0.436. The van der Waals surface area contributed by atoms with E-state index in [1.54, 1.807) is 0 Å². The maximum atomic E-state index is 13.5. The fourth-order valence-corrected chi connectivity index (χ4v) is 2.25. The number of methoxy groups -OCH3 is 1. The van der Waals surface area contributed by atoms with E-state index in [0.717, 1.165) is 5.56 Å². The fourth-order valence-electron chi connectivity index (χ4n) is 2.25. The lowest BCUT2D eigenvalue weighted by Gasteiger charge is -2.12. The summed E-state index contributed by atoms with van der Waals surface area (Å²) in [5, 5.41) is 12.8. The minimum absolute atomic E-state index is 0.111. The third-order valence-electron chi connectivity index (χ3n) is 3.50. The second-order valence-electron chi connectivity index (χ2n) is 5.21. The summed E-state index contributed by atoms with van der Waals surface area (Å²) in [4.78, 5) is 12.1. The van der Waals surface area contributed by atoms with Gasteiger partial charge in [0, 0.05) is 24.8 Å². The molecule has 1 atom stereocenters. The normalized spacial score (nSPS) is 12.0. The van der Waals surface area contributed by atoms with Crippen LogP contribution in [0.2, 0.25) is 0 Å². The van der Waals surface area contributed by atoms with Crippen LogP contribution in [0.5, 0.6) is 0 Å². The van der Waals surface area contributed by atoms with Crippen LogP contribution in [0, 0.1) is 5.82 Å². The van der Waals surface area contributed by atoms with Crippen molar-refractivity contribution in [1.29, 1.82) is 0 Å². The number of hydrogen-bond acceptors (Lipinski definition) is 3. The summed E-state index contributed by atoms with van der Waals surface area (Å²) in [6, 6.07) is 13.4. The van der Waals surface area contributed by atoms with Crippen molar-refractivity contribution in [3.8, 4) is 0 Å². The molecule has 0 radical (unpaired) electrons. The Morgan fingerprint density at radius 3 is 2.70 bits per heavy atom. The molecule has 0 bridgehead atoms. The van der Waals surface area contributed by atoms with Crippen molar-refractivity contribution < 1.29 is 19.0 Å². The van der Waals surface area contributed by atoms with Crippen molar-refractivity contribution in [1.82, 2.24) is 5.32 Å². The highest BCUT2D eigenvalue weighted by Crippen LogP contribution is 2.15. The highest BCUT2D eigenvalue weighted by molar-refractivity contribution is 5.94. The second kappa shape index (κ2) is 8.41. The summed E-state index contributed by atoms with van der Waals surface area (Å²) >= 11 is 0. The van der Waals surface area contributed by atoms with Gasteiger partial charge < -0.3 is 15.2 Å². The van der Waals surface area contributed by atoms with Crippen molar-refractivity contribution in [3.63, 3.8) is 0 Å². The minimum atomic E-state index is -0.631. The Balaban J connectivity index is 1.89. The van der Waals surface area contributed by atoms with Crippen LogP contribution in [-0.2, 0) is 11.3 Å². The van der Waals surface area contributed by atoms with Crippen LogP contribution in [0.4, 0.5) is 4.39 Å². The number of benzene rings is 2. The van der Waals surface area contributed by atoms with E-state index in [1.807, 2.05) is 30.3 Å². The van der Waals surface area contributed by atoms with Crippen LogP contribution in [0.3, 0.4) is 0 Å². The maximum Gasteiger partial charge on any atom is 0.251 e. The third kappa shape index (κ3) is 4.87. The molecule has 2 aromatic rings. The molecule has 2 aromatic carbocycles. The number of nitrogens with one attached hydrogen (secondary N) is 1. The van der Waals surface area contributed by atoms with E-state index >= 15 is 0 Å². The van der Waals surface area contributed by atoms with Gasteiger partial charge in [0.1, 0.15) is 5.82 Å². The van der Waals surface area contributed by atoms with Gasteiger partial charge in [0.05, 0.1) is 12.7 Å². The molecule has 0 aromatic heterocycles. The summed E-state index contributed by atoms with van der Waals surface area (Å²) in [5.41, 5.74) is 1.52. The van der Waals surface area contributed by atoms with E-state index in [1.165, 1.54) is 25.3 Å². The number of halogens is 1. The quantitative estimate of drug-likeness (QED) is 0.825. The van der Waals surface area contributed by atoms with E-state index in [2.05, 4.69) is 5.32 Å². The zero-order chi connectivity index (χ0) is 16.7. The monoisotopic (exact) mass is 317 g/mol. The molecule has 0 saturated heterocycles. The van der Waals surface area contributed by atoms with Gasteiger partial charge in [0.25, 0.3) is 5.91 Å². The largest absolute Gasteiger partial charge is 0.388 e. The summed E-state index contributed by atoms with van der Waals surface area (Å²) in [7, 11) is 1.47. The first-order valence-corrected chi connectivity index (χ1v) is 7.40. The maximum absolute atomic E-state index is 13.5. The number of aliphatic hydroxyl groups is 1.